The molecule has 0 fully saturated rings. The van der Waals surface area contributed by atoms with E-state index in [4.69, 9.17) is 4.74 Å². The minimum Gasteiger partial charge on any atom is -0.496 e. The summed E-state index contributed by atoms with van der Waals surface area (Å²) in [7, 11) is 1.55. The van der Waals surface area contributed by atoms with Gasteiger partial charge in [0.25, 0.3) is 11.8 Å². The second-order valence-corrected chi connectivity index (χ2v) is 7.51. The molecule has 2 aromatic carbocycles. The molecule has 6 nitrogen and oxygen atoms in total. The van der Waals surface area contributed by atoms with Crippen LogP contribution in [0.5, 0.6) is 5.75 Å². The summed E-state index contributed by atoms with van der Waals surface area (Å²) in [5.41, 5.74) is 4.76. The largest absolute Gasteiger partial charge is 0.496 e. The van der Waals surface area contributed by atoms with Crippen LogP contribution >= 0.6 is 0 Å². The fourth-order valence-corrected chi connectivity index (χ4v) is 3.80. The van der Waals surface area contributed by atoms with E-state index < -0.39 is 0 Å². The number of nitrogens with one attached hydrogen (secondary N) is 1. The minimum atomic E-state index is -0.381. The van der Waals surface area contributed by atoms with Gasteiger partial charge in [-0.15, -0.1) is 0 Å². The lowest BCUT2D eigenvalue weighted by molar-refractivity contribution is -0.137. The number of methoxy groups -OCH3 is 1. The van der Waals surface area contributed by atoms with Gasteiger partial charge in [0.2, 0.25) is 0 Å². The Labute approximate surface area is 181 Å². The third kappa shape index (κ3) is 4.05. The molecule has 3 aromatic rings. The van der Waals surface area contributed by atoms with Crippen LogP contribution < -0.4 is 10.1 Å². The van der Waals surface area contributed by atoms with Gasteiger partial charge in [0, 0.05) is 23.6 Å². The lowest BCUT2D eigenvalue weighted by Crippen LogP contribution is -2.32. The van der Waals surface area contributed by atoms with E-state index >= 15 is 0 Å². The number of imide groups is 1. The number of rotatable bonds is 6. The van der Waals surface area contributed by atoms with Gasteiger partial charge in [0.1, 0.15) is 11.4 Å². The van der Waals surface area contributed by atoms with Gasteiger partial charge in [-0.3, -0.25) is 19.5 Å². The number of ether oxygens (including phenoxy) is 1. The first-order valence-electron chi connectivity index (χ1n) is 9.96. The molecule has 0 saturated carbocycles. The average molecular weight is 413 g/mol. The number of para-hydroxylation sites is 1. The summed E-state index contributed by atoms with van der Waals surface area (Å²) < 4.78 is 5.48. The van der Waals surface area contributed by atoms with Gasteiger partial charge in [-0.2, -0.15) is 0 Å². The van der Waals surface area contributed by atoms with Crippen molar-refractivity contribution in [1.29, 1.82) is 0 Å². The third-order valence-electron chi connectivity index (χ3n) is 5.10. The van der Waals surface area contributed by atoms with Crippen LogP contribution in [-0.4, -0.2) is 28.8 Å². The number of aromatic nitrogens is 1. The van der Waals surface area contributed by atoms with Crippen LogP contribution in [0.15, 0.2) is 72.7 Å². The molecule has 1 aliphatic rings. The quantitative estimate of drug-likeness (QED) is 0.616. The standard InChI is InChI=1S/C25H23N3O3/c1-16-11-17(2)13-19(12-16)27-23-22(20-8-4-5-9-21(20)31-3)24(29)28(25(23)30)15-18-7-6-10-26-14-18/h4-14,27H,15H2,1-3H3. The van der Waals surface area contributed by atoms with Crippen molar-refractivity contribution in [2.75, 3.05) is 12.4 Å². The molecule has 4 rings (SSSR count). The molecule has 0 spiro atoms. The lowest BCUT2D eigenvalue weighted by atomic mass is 10.0. The summed E-state index contributed by atoms with van der Waals surface area (Å²) in [6, 6.07) is 16.8. The number of aryl methyl sites for hydroxylation is 2. The number of amides is 2. The van der Waals surface area contributed by atoms with Crippen LogP contribution in [0, 0.1) is 13.8 Å². The van der Waals surface area contributed by atoms with E-state index in [1.165, 1.54) is 4.90 Å². The van der Waals surface area contributed by atoms with Gasteiger partial charge in [0.05, 0.1) is 19.2 Å². The van der Waals surface area contributed by atoms with E-state index in [1.54, 1.807) is 37.7 Å². The minimum absolute atomic E-state index is 0.141. The summed E-state index contributed by atoms with van der Waals surface area (Å²) in [5, 5.41) is 3.21. The molecule has 0 atom stereocenters. The molecule has 0 radical (unpaired) electrons. The van der Waals surface area contributed by atoms with Crippen molar-refractivity contribution in [3.05, 3.63) is 94.9 Å². The maximum atomic E-state index is 13.5. The Kier molecular flexibility index (Phi) is 5.54. The SMILES string of the molecule is COc1ccccc1C1=C(Nc2cc(C)cc(C)c2)C(=O)N(Cc2cccnc2)C1=O. The van der Waals surface area contributed by atoms with E-state index in [2.05, 4.69) is 16.4 Å². The number of hydrogen-bond donors (Lipinski definition) is 1. The van der Waals surface area contributed by atoms with Gasteiger partial charge in [-0.25, -0.2) is 0 Å². The van der Waals surface area contributed by atoms with Gasteiger partial charge in [-0.1, -0.05) is 30.3 Å². The van der Waals surface area contributed by atoms with Crippen LogP contribution in [0.25, 0.3) is 5.57 Å². The third-order valence-corrected chi connectivity index (χ3v) is 5.10. The fraction of sp³-hybridized carbons (Fsp3) is 0.160. The number of anilines is 1. The van der Waals surface area contributed by atoms with Crippen LogP contribution in [0.1, 0.15) is 22.3 Å². The van der Waals surface area contributed by atoms with Gasteiger partial charge in [0.15, 0.2) is 0 Å². The molecular weight excluding hydrogens is 390 g/mol. The van der Waals surface area contributed by atoms with Crippen molar-refractivity contribution in [2.24, 2.45) is 0 Å². The topological polar surface area (TPSA) is 71.5 Å². The molecule has 156 valence electrons. The zero-order chi connectivity index (χ0) is 22.0. The molecule has 31 heavy (non-hydrogen) atoms. The second-order valence-electron chi connectivity index (χ2n) is 7.51. The smallest absolute Gasteiger partial charge is 0.278 e. The van der Waals surface area contributed by atoms with Crippen LogP contribution in [0.3, 0.4) is 0 Å². The molecule has 2 heterocycles. The zero-order valence-corrected chi connectivity index (χ0v) is 17.7. The fourth-order valence-electron chi connectivity index (χ4n) is 3.80. The summed E-state index contributed by atoms with van der Waals surface area (Å²) in [5.74, 6) is -0.222. The number of benzene rings is 2. The molecule has 1 aromatic heterocycles. The molecule has 2 amide bonds. The molecule has 0 unspecified atom stereocenters. The summed E-state index contributed by atoms with van der Waals surface area (Å²) in [6.45, 7) is 4.12. The molecule has 0 saturated heterocycles. The van der Waals surface area contributed by atoms with Gasteiger partial charge >= 0.3 is 0 Å². The van der Waals surface area contributed by atoms with Crippen molar-refractivity contribution in [3.63, 3.8) is 0 Å². The van der Waals surface area contributed by atoms with Crippen molar-refractivity contribution >= 4 is 23.1 Å². The van der Waals surface area contributed by atoms with Crippen molar-refractivity contribution in [2.45, 2.75) is 20.4 Å². The Morgan fingerprint density at radius 2 is 1.71 bits per heavy atom. The van der Waals surface area contributed by atoms with Crippen LogP contribution in [0.4, 0.5) is 5.69 Å². The average Bonchev–Trinajstić information content (AvgIpc) is 2.98. The Balaban J connectivity index is 1.80. The molecule has 1 N–H and O–H groups in total. The predicted molar refractivity (Wildman–Crippen MR) is 119 cm³/mol. The first-order chi connectivity index (χ1) is 15.0. The number of pyridine rings is 1. The monoisotopic (exact) mass is 413 g/mol. The maximum absolute atomic E-state index is 13.5. The Bertz CT molecular complexity index is 1170. The van der Waals surface area contributed by atoms with E-state index in [9.17, 15) is 9.59 Å². The summed E-state index contributed by atoms with van der Waals surface area (Å²) in [4.78, 5) is 32.2. The Morgan fingerprint density at radius 3 is 2.39 bits per heavy atom. The lowest BCUT2D eigenvalue weighted by Gasteiger charge is -2.15. The van der Waals surface area contributed by atoms with E-state index in [-0.39, 0.29) is 24.1 Å². The molecule has 6 heteroatoms. The zero-order valence-electron chi connectivity index (χ0n) is 17.7. The van der Waals surface area contributed by atoms with Crippen molar-refractivity contribution in [3.8, 4) is 5.75 Å². The molecule has 0 aliphatic carbocycles. The number of carbonyl (C=O) groups excluding carboxylic acids is 2. The first kappa shape index (κ1) is 20.3. The highest BCUT2D eigenvalue weighted by molar-refractivity contribution is 6.36. The first-order valence-corrected chi connectivity index (χ1v) is 9.96. The van der Waals surface area contributed by atoms with E-state index in [0.29, 0.717) is 16.9 Å². The highest BCUT2D eigenvalue weighted by Crippen LogP contribution is 2.36. The normalized spacial score (nSPS) is 13.7. The second kappa shape index (κ2) is 8.44. The Morgan fingerprint density at radius 1 is 0.968 bits per heavy atom. The summed E-state index contributed by atoms with van der Waals surface area (Å²) >= 11 is 0. The van der Waals surface area contributed by atoms with E-state index in [0.717, 1.165) is 22.4 Å². The van der Waals surface area contributed by atoms with Gasteiger partial charge < -0.3 is 10.1 Å². The highest BCUT2D eigenvalue weighted by atomic mass is 16.5. The molecular formula is C25H23N3O3. The van der Waals surface area contributed by atoms with Crippen LogP contribution in [-0.2, 0) is 16.1 Å². The number of carbonyl (C=O) groups is 2. The molecule has 0 bridgehead atoms. The van der Waals surface area contributed by atoms with Crippen molar-refractivity contribution < 1.29 is 14.3 Å². The number of nitrogens with zero attached hydrogens (tertiary/aromatic N) is 2. The maximum Gasteiger partial charge on any atom is 0.278 e. The van der Waals surface area contributed by atoms with Gasteiger partial charge in [-0.05, 0) is 54.8 Å². The predicted octanol–water partition coefficient (Wildman–Crippen LogP) is 4.10. The van der Waals surface area contributed by atoms with Crippen LogP contribution in [0.2, 0.25) is 0 Å². The van der Waals surface area contributed by atoms with E-state index in [1.807, 2.05) is 44.2 Å². The highest BCUT2D eigenvalue weighted by Gasteiger charge is 2.40. The van der Waals surface area contributed by atoms with Crippen molar-refractivity contribution in [1.82, 2.24) is 9.88 Å². The Hall–Kier alpha value is -3.93. The molecule has 1 aliphatic heterocycles. The number of hydrogen-bond acceptors (Lipinski definition) is 5. The summed E-state index contributed by atoms with van der Waals surface area (Å²) in [6.07, 6.45) is 3.31.